The lowest BCUT2D eigenvalue weighted by Gasteiger charge is -2.17. The van der Waals surface area contributed by atoms with Crippen LogP contribution in [0.25, 0.3) is 0 Å². The molecule has 0 aromatic carbocycles. The van der Waals surface area contributed by atoms with Crippen LogP contribution in [0, 0.1) is 5.92 Å². The highest BCUT2D eigenvalue weighted by molar-refractivity contribution is 6.33. The molecule has 2 atom stereocenters. The Balaban J connectivity index is 2.75. The molecular formula is C14H22ClN3O2. The lowest BCUT2D eigenvalue weighted by Crippen LogP contribution is -2.36. The monoisotopic (exact) mass is 299 g/mol. The van der Waals surface area contributed by atoms with Crippen LogP contribution in [0.1, 0.15) is 56.3 Å². The Morgan fingerprint density at radius 2 is 2.10 bits per heavy atom. The van der Waals surface area contributed by atoms with Crippen molar-refractivity contribution in [2.24, 2.45) is 5.92 Å². The minimum absolute atomic E-state index is 0.115. The van der Waals surface area contributed by atoms with Gasteiger partial charge in [-0.3, -0.25) is 4.79 Å². The van der Waals surface area contributed by atoms with Crippen molar-refractivity contribution in [3.63, 3.8) is 0 Å². The van der Waals surface area contributed by atoms with Crippen LogP contribution < -0.4 is 5.32 Å². The zero-order valence-electron chi connectivity index (χ0n) is 12.4. The van der Waals surface area contributed by atoms with Crippen LogP contribution in [-0.2, 0) is 0 Å². The van der Waals surface area contributed by atoms with Gasteiger partial charge in [0.15, 0.2) is 0 Å². The SMILES string of the molecule is CCC(C)C(O)CNC(=O)c1nc(C(C)C)ncc1Cl. The molecule has 0 saturated heterocycles. The molecule has 0 aliphatic heterocycles. The second kappa shape index (κ2) is 7.55. The fraction of sp³-hybridized carbons (Fsp3) is 0.643. The molecule has 1 amide bonds. The molecule has 1 aromatic rings. The Labute approximate surface area is 124 Å². The van der Waals surface area contributed by atoms with E-state index in [0.717, 1.165) is 6.42 Å². The van der Waals surface area contributed by atoms with Gasteiger partial charge >= 0.3 is 0 Å². The molecule has 112 valence electrons. The number of amides is 1. The van der Waals surface area contributed by atoms with E-state index in [1.54, 1.807) is 0 Å². The summed E-state index contributed by atoms with van der Waals surface area (Å²) in [4.78, 5) is 20.3. The molecule has 1 rings (SSSR count). The van der Waals surface area contributed by atoms with E-state index in [-0.39, 0.29) is 35.0 Å². The molecule has 0 radical (unpaired) electrons. The highest BCUT2D eigenvalue weighted by atomic mass is 35.5. The van der Waals surface area contributed by atoms with E-state index in [1.165, 1.54) is 6.20 Å². The van der Waals surface area contributed by atoms with Crippen molar-refractivity contribution in [2.75, 3.05) is 6.54 Å². The fourth-order valence-electron chi connectivity index (χ4n) is 1.57. The number of carbonyl (C=O) groups is 1. The first-order valence-corrected chi connectivity index (χ1v) is 7.23. The third kappa shape index (κ3) is 4.42. The summed E-state index contributed by atoms with van der Waals surface area (Å²) < 4.78 is 0. The van der Waals surface area contributed by atoms with E-state index in [0.29, 0.717) is 5.82 Å². The zero-order chi connectivity index (χ0) is 15.3. The first kappa shape index (κ1) is 16.9. The quantitative estimate of drug-likeness (QED) is 0.846. The lowest BCUT2D eigenvalue weighted by atomic mass is 10.0. The van der Waals surface area contributed by atoms with Gasteiger partial charge in [-0.25, -0.2) is 9.97 Å². The van der Waals surface area contributed by atoms with Crippen LogP contribution in [0.3, 0.4) is 0 Å². The summed E-state index contributed by atoms with van der Waals surface area (Å²) in [7, 11) is 0. The van der Waals surface area contributed by atoms with Crippen LogP contribution in [0.5, 0.6) is 0 Å². The topological polar surface area (TPSA) is 75.1 Å². The number of hydrogen-bond donors (Lipinski definition) is 2. The smallest absolute Gasteiger partial charge is 0.271 e. The van der Waals surface area contributed by atoms with Crippen molar-refractivity contribution in [1.82, 2.24) is 15.3 Å². The first-order chi connectivity index (χ1) is 9.36. The standard InChI is InChI=1S/C14H22ClN3O2/c1-5-9(4)11(19)7-17-14(20)12-10(15)6-16-13(18-12)8(2)3/h6,8-9,11,19H,5,7H2,1-4H3,(H,17,20). The molecule has 0 spiro atoms. The van der Waals surface area contributed by atoms with Gasteiger partial charge in [0, 0.05) is 12.5 Å². The van der Waals surface area contributed by atoms with Crippen LogP contribution in [0.15, 0.2) is 6.20 Å². The van der Waals surface area contributed by atoms with Gasteiger partial charge in [0.25, 0.3) is 5.91 Å². The van der Waals surface area contributed by atoms with Crippen molar-refractivity contribution < 1.29 is 9.90 Å². The zero-order valence-corrected chi connectivity index (χ0v) is 13.1. The Kier molecular flexibility index (Phi) is 6.36. The second-order valence-corrected chi connectivity index (χ2v) is 5.65. The van der Waals surface area contributed by atoms with Gasteiger partial charge in [0.2, 0.25) is 0 Å². The number of rotatable bonds is 6. The minimum Gasteiger partial charge on any atom is -0.391 e. The molecule has 20 heavy (non-hydrogen) atoms. The highest BCUT2D eigenvalue weighted by Gasteiger charge is 2.18. The molecule has 1 aromatic heterocycles. The van der Waals surface area contributed by atoms with Crippen molar-refractivity contribution in [3.05, 3.63) is 22.7 Å². The predicted octanol–water partition coefficient (Wildman–Crippen LogP) is 2.39. The maximum absolute atomic E-state index is 12.1. The van der Waals surface area contributed by atoms with E-state index in [4.69, 9.17) is 11.6 Å². The number of aliphatic hydroxyl groups is 1. The third-order valence-electron chi connectivity index (χ3n) is 3.27. The van der Waals surface area contributed by atoms with E-state index in [1.807, 2.05) is 27.7 Å². The molecule has 0 saturated carbocycles. The summed E-state index contributed by atoms with van der Waals surface area (Å²) in [6.45, 7) is 8.00. The number of aliphatic hydroxyl groups excluding tert-OH is 1. The van der Waals surface area contributed by atoms with Crippen LogP contribution in [-0.4, -0.2) is 33.6 Å². The van der Waals surface area contributed by atoms with E-state index < -0.39 is 6.10 Å². The largest absolute Gasteiger partial charge is 0.391 e. The normalized spacial score (nSPS) is 14.2. The van der Waals surface area contributed by atoms with Crippen molar-refractivity contribution >= 4 is 17.5 Å². The number of nitrogens with one attached hydrogen (secondary N) is 1. The second-order valence-electron chi connectivity index (χ2n) is 5.24. The summed E-state index contributed by atoms with van der Waals surface area (Å²) >= 11 is 5.95. The Hall–Kier alpha value is -1.20. The molecule has 0 bridgehead atoms. The first-order valence-electron chi connectivity index (χ1n) is 6.85. The third-order valence-corrected chi connectivity index (χ3v) is 3.54. The summed E-state index contributed by atoms with van der Waals surface area (Å²) in [6.07, 6.45) is 1.71. The maximum Gasteiger partial charge on any atom is 0.271 e. The Morgan fingerprint density at radius 1 is 1.45 bits per heavy atom. The summed E-state index contributed by atoms with van der Waals surface area (Å²) in [5.74, 6) is 0.426. The van der Waals surface area contributed by atoms with Gasteiger partial charge in [-0.1, -0.05) is 45.7 Å². The van der Waals surface area contributed by atoms with Crippen molar-refractivity contribution in [3.8, 4) is 0 Å². The van der Waals surface area contributed by atoms with Gasteiger partial charge in [-0.15, -0.1) is 0 Å². The van der Waals surface area contributed by atoms with Crippen LogP contribution in [0.4, 0.5) is 0 Å². The number of aromatic nitrogens is 2. The molecule has 2 N–H and O–H groups in total. The molecule has 0 fully saturated rings. The highest BCUT2D eigenvalue weighted by Crippen LogP contribution is 2.16. The molecule has 0 aliphatic carbocycles. The van der Waals surface area contributed by atoms with Gasteiger partial charge in [-0.05, 0) is 5.92 Å². The van der Waals surface area contributed by atoms with E-state index in [9.17, 15) is 9.90 Å². The number of hydrogen-bond acceptors (Lipinski definition) is 4. The molecule has 0 aliphatic rings. The molecule has 5 nitrogen and oxygen atoms in total. The van der Waals surface area contributed by atoms with E-state index >= 15 is 0 Å². The average Bonchev–Trinajstić information content (AvgIpc) is 2.43. The lowest BCUT2D eigenvalue weighted by molar-refractivity contribution is 0.0845. The van der Waals surface area contributed by atoms with Gasteiger partial charge in [0.1, 0.15) is 11.5 Å². The maximum atomic E-state index is 12.1. The average molecular weight is 300 g/mol. The molecular weight excluding hydrogens is 278 g/mol. The summed E-state index contributed by atoms with van der Waals surface area (Å²) in [5.41, 5.74) is 0.154. The molecule has 1 heterocycles. The fourth-order valence-corrected chi connectivity index (χ4v) is 1.75. The van der Waals surface area contributed by atoms with Crippen molar-refractivity contribution in [1.29, 1.82) is 0 Å². The molecule has 2 unspecified atom stereocenters. The summed E-state index contributed by atoms with van der Waals surface area (Å²) in [5, 5.41) is 12.7. The van der Waals surface area contributed by atoms with Crippen LogP contribution in [0.2, 0.25) is 5.02 Å². The predicted molar refractivity (Wildman–Crippen MR) is 78.9 cm³/mol. The number of halogens is 1. The van der Waals surface area contributed by atoms with Crippen molar-refractivity contribution in [2.45, 2.75) is 46.1 Å². The van der Waals surface area contributed by atoms with Gasteiger partial charge < -0.3 is 10.4 Å². The Bertz CT molecular complexity index is 466. The van der Waals surface area contributed by atoms with E-state index in [2.05, 4.69) is 15.3 Å². The molecule has 6 heteroatoms. The number of carbonyl (C=O) groups excluding carboxylic acids is 1. The Morgan fingerprint density at radius 3 is 2.65 bits per heavy atom. The van der Waals surface area contributed by atoms with Crippen LogP contribution >= 0.6 is 11.6 Å². The van der Waals surface area contributed by atoms with Gasteiger partial charge in [-0.2, -0.15) is 0 Å². The number of nitrogens with zero attached hydrogens (tertiary/aromatic N) is 2. The minimum atomic E-state index is -0.575. The summed E-state index contributed by atoms with van der Waals surface area (Å²) in [6, 6.07) is 0. The van der Waals surface area contributed by atoms with Gasteiger partial charge in [0.05, 0.1) is 17.3 Å².